The van der Waals surface area contributed by atoms with Crippen LogP contribution < -0.4 is 5.32 Å². The van der Waals surface area contributed by atoms with Gasteiger partial charge in [-0.05, 0) is 54.7 Å². The molecule has 4 rings (SSSR count). The summed E-state index contributed by atoms with van der Waals surface area (Å²) in [5.41, 5.74) is 0.524. The molecule has 1 saturated carbocycles. The van der Waals surface area contributed by atoms with E-state index in [1.807, 2.05) is 0 Å². The molecule has 0 bridgehead atoms. The third kappa shape index (κ3) is 2.57. The van der Waals surface area contributed by atoms with E-state index < -0.39 is 10.0 Å². The van der Waals surface area contributed by atoms with Gasteiger partial charge in [0.1, 0.15) is 10.4 Å². The van der Waals surface area contributed by atoms with E-state index in [1.54, 1.807) is 12.1 Å². The molecule has 0 radical (unpaired) electrons. The number of amides is 1. The van der Waals surface area contributed by atoms with Gasteiger partial charge in [-0.25, -0.2) is 17.4 Å². The molecule has 1 aromatic carbocycles. The monoisotopic (exact) mass is 350 g/mol. The number of benzene rings is 1. The minimum absolute atomic E-state index is 0.0229. The van der Waals surface area contributed by atoms with E-state index in [1.165, 1.54) is 6.07 Å². The van der Waals surface area contributed by atoms with Crippen LogP contribution in [0, 0.1) is 5.92 Å². The van der Waals surface area contributed by atoms with E-state index in [9.17, 15) is 13.2 Å². The van der Waals surface area contributed by atoms with Crippen LogP contribution in [0.3, 0.4) is 0 Å². The van der Waals surface area contributed by atoms with Crippen LogP contribution in [-0.2, 0) is 14.8 Å². The Hall–Kier alpha value is -2.00. The first-order chi connectivity index (χ1) is 11.6. The predicted molar refractivity (Wildman–Crippen MR) is 84.5 cm³/mol. The molecule has 8 nitrogen and oxygen atoms in total. The molecule has 1 saturated heterocycles. The van der Waals surface area contributed by atoms with Crippen LogP contribution in [0.25, 0.3) is 11.0 Å². The molecule has 1 atom stereocenters. The lowest BCUT2D eigenvalue weighted by Crippen LogP contribution is -2.46. The Morgan fingerprint density at radius 3 is 2.79 bits per heavy atom. The summed E-state index contributed by atoms with van der Waals surface area (Å²) in [6.07, 6.45) is 2.99. The standard InChI is InChI=1S/C15H18N4O4S/c20-15(10-3-2-8-16-9-10)19(11-6-7-11)24(21,22)13-5-1-4-12-14(13)18-23-17-12/h1,4-5,10-11,16H,2-3,6-9H2. The maximum absolute atomic E-state index is 13.2. The van der Waals surface area contributed by atoms with Gasteiger partial charge in [0.25, 0.3) is 10.0 Å². The zero-order valence-corrected chi connectivity index (χ0v) is 13.8. The molecular formula is C15H18N4O4S. The molecular weight excluding hydrogens is 332 g/mol. The van der Waals surface area contributed by atoms with Gasteiger partial charge in [0.15, 0.2) is 5.52 Å². The SMILES string of the molecule is O=C(C1CCCNC1)N(C1CC1)S(=O)(=O)c1cccc2nonc12. The van der Waals surface area contributed by atoms with Crippen LogP contribution in [0.4, 0.5) is 0 Å². The van der Waals surface area contributed by atoms with Gasteiger partial charge in [-0.1, -0.05) is 6.07 Å². The van der Waals surface area contributed by atoms with Crippen LogP contribution in [0.2, 0.25) is 0 Å². The number of carbonyl (C=O) groups is 1. The Morgan fingerprint density at radius 1 is 1.25 bits per heavy atom. The molecule has 2 heterocycles. The highest BCUT2D eigenvalue weighted by Crippen LogP contribution is 2.35. The fourth-order valence-electron chi connectivity index (χ4n) is 3.14. The number of hydrogen-bond donors (Lipinski definition) is 1. The van der Waals surface area contributed by atoms with Gasteiger partial charge in [0.2, 0.25) is 5.91 Å². The van der Waals surface area contributed by atoms with Crippen molar-refractivity contribution in [1.82, 2.24) is 19.9 Å². The molecule has 128 valence electrons. The van der Waals surface area contributed by atoms with E-state index >= 15 is 0 Å². The molecule has 24 heavy (non-hydrogen) atoms. The molecule has 0 spiro atoms. The number of hydrogen-bond acceptors (Lipinski definition) is 7. The Bertz CT molecular complexity index is 868. The highest BCUT2D eigenvalue weighted by atomic mass is 32.2. The topological polar surface area (TPSA) is 105 Å². The van der Waals surface area contributed by atoms with Gasteiger partial charge in [-0.2, -0.15) is 0 Å². The fraction of sp³-hybridized carbons (Fsp3) is 0.533. The summed E-state index contributed by atoms with van der Waals surface area (Å²) in [5.74, 6) is -0.623. The predicted octanol–water partition coefficient (Wildman–Crippen LogP) is 0.902. The Balaban J connectivity index is 1.74. The molecule has 1 aromatic heterocycles. The number of carbonyl (C=O) groups excluding carboxylic acids is 1. The largest absolute Gasteiger partial charge is 0.316 e. The maximum atomic E-state index is 13.2. The number of aromatic nitrogens is 2. The molecule has 1 unspecified atom stereocenters. The zero-order valence-electron chi connectivity index (χ0n) is 13.0. The lowest BCUT2D eigenvalue weighted by Gasteiger charge is -2.29. The minimum atomic E-state index is -3.99. The third-order valence-corrected chi connectivity index (χ3v) is 6.41. The third-order valence-electron chi connectivity index (χ3n) is 4.53. The lowest BCUT2D eigenvalue weighted by molar-refractivity contribution is -0.131. The van der Waals surface area contributed by atoms with Gasteiger partial charge in [-0.15, -0.1) is 0 Å². The molecule has 1 aliphatic heterocycles. The first-order valence-corrected chi connectivity index (χ1v) is 9.53. The van der Waals surface area contributed by atoms with Crippen LogP contribution in [0.1, 0.15) is 25.7 Å². The van der Waals surface area contributed by atoms with Crippen molar-refractivity contribution in [3.8, 4) is 0 Å². The highest BCUT2D eigenvalue weighted by molar-refractivity contribution is 7.90. The summed E-state index contributed by atoms with van der Waals surface area (Å²) < 4.78 is 32.1. The number of piperidine rings is 1. The molecule has 1 amide bonds. The number of nitrogens with one attached hydrogen (secondary N) is 1. The summed E-state index contributed by atoms with van der Waals surface area (Å²) >= 11 is 0. The van der Waals surface area contributed by atoms with E-state index in [0.29, 0.717) is 31.3 Å². The lowest BCUT2D eigenvalue weighted by atomic mass is 9.99. The van der Waals surface area contributed by atoms with Crippen LogP contribution in [0.5, 0.6) is 0 Å². The summed E-state index contributed by atoms with van der Waals surface area (Å²) in [5, 5.41) is 10.6. The van der Waals surface area contributed by atoms with Crippen molar-refractivity contribution < 1.29 is 17.8 Å². The first-order valence-electron chi connectivity index (χ1n) is 8.09. The van der Waals surface area contributed by atoms with Crippen molar-refractivity contribution in [2.24, 2.45) is 5.92 Å². The van der Waals surface area contributed by atoms with Crippen molar-refractivity contribution >= 4 is 27.0 Å². The van der Waals surface area contributed by atoms with Gasteiger partial charge in [0, 0.05) is 12.6 Å². The molecule has 2 fully saturated rings. The maximum Gasteiger partial charge on any atom is 0.269 e. The smallest absolute Gasteiger partial charge is 0.269 e. The first kappa shape index (κ1) is 15.5. The number of rotatable bonds is 4. The molecule has 2 aromatic rings. The molecule has 1 aliphatic carbocycles. The zero-order chi connectivity index (χ0) is 16.7. The molecule has 1 N–H and O–H groups in total. The van der Waals surface area contributed by atoms with Gasteiger partial charge in [-0.3, -0.25) is 4.79 Å². The molecule has 2 aliphatic rings. The van der Waals surface area contributed by atoms with Crippen LogP contribution in [-0.4, -0.2) is 48.1 Å². The Labute approximate surface area is 139 Å². The quantitative estimate of drug-likeness (QED) is 0.873. The van der Waals surface area contributed by atoms with Crippen molar-refractivity contribution in [2.75, 3.05) is 13.1 Å². The fourth-order valence-corrected chi connectivity index (χ4v) is 4.98. The number of sulfonamides is 1. The van der Waals surface area contributed by atoms with Gasteiger partial charge < -0.3 is 5.32 Å². The average molecular weight is 350 g/mol. The van der Waals surface area contributed by atoms with Crippen molar-refractivity contribution in [1.29, 1.82) is 0 Å². The second-order valence-electron chi connectivity index (χ2n) is 6.30. The second-order valence-corrected chi connectivity index (χ2v) is 8.09. The van der Waals surface area contributed by atoms with E-state index in [2.05, 4.69) is 20.3 Å². The van der Waals surface area contributed by atoms with Crippen molar-refractivity contribution in [2.45, 2.75) is 36.6 Å². The number of nitrogens with zero attached hydrogens (tertiary/aromatic N) is 3. The van der Waals surface area contributed by atoms with E-state index in [0.717, 1.165) is 17.3 Å². The Kier molecular flexibility index (Phi) is 3.76. The van der Waals surface area contributed by atoms with Gasteiger partial charge in [0.05, 0.1) is 5.92 Å². The second kappa shape index (κ2) is 5.82. The molecule has 9 heteroatoms. The van der Waals surface area contributed by atoms with E-state index in [-0.39, 0.29) is 28.3 Å². The van der Waals surface area contributed by atoms with Gasteiger partial charge >= 0.3 is 0 Å². The van der Waals surface area contributed by atoms with Crippen molar-refractivity contribution in [3.63, 3.8) is 0 Å². The summed E-state index contributed by atoms with van der Waals surface area (Å²) in [6.45, 7) is 1.39. The Morgan fingerprint density at radius 2 is 2.08 bits per heavy atom. The summed E-state index contributed by atoms with van der Waals surface area (Å²) in [4.78, 5) is 12.9. The highest BCUT2D eigenvalue weighted by Gasteiger charge is 2.44. The number of fused-ring (bicyclic) bond motifs is 1. The average Bonchev–Trinajstić information content (AvgIpc) is 3.29. The minimum Gasteiger partial charge on any atom is -0.316 e. The van der Waals surface area contributed by atoms with Crippen LogP contribution >= 0.6 is 0 Å². The normalized spacial score (nSPS) is 21.8. The van der Waals surface area contributed by atoms with Crippen LogP contribution in [0.15, 0.2) is 27.7 Å². The summed E-state index contributed by atoms with van der Waals surface area (Å²) in [7, 11) is -3.99. The summed E-state index contributed by atoms with van der Waals surface area (Å²) in [6, 6.07) is 4.40. The van der Waals surface area contributed by atoms with E-state index in [4.69, 9.17) is 0 Å². The van der Waals surface area contributed by atoms with Crippen molar-refractivity contribution in [3.05, 3.63) is 18.2 Å².